The van der Waals surface area contributed by atoms with E-state index in [4.69, 9.17) is 5.21 Å². The van der Waals surface area contributed by atoms with E-state index in [1.807, 2.05) is 19.9 Å². The summed E-state index contributed by atoms with van der Waals surface area (Å²) in [6.45, 7) is 4.10. The fourth-order valence-corrected chi connectivity index (χ4v) is 2.79. The van der Waals surface area contributed by atoms with Crippen LogP contribution in [-0.4, -0.2) is 31.1 Å². The Morgan fingerprint density at radius 1 is 1.40 bits per heavy atom. The standard InChI is InChI=1S/C17H18FN5O2/c1-10(2)17(15-8-11-7-12(18)3-5-14(11)19-15)23-9-13(20-22-23)4-6-16(24)21-25/h3-10,17,19,25H,1-2H3,(H,21,24). The van der Waals surface area contributed by atoms with Gasteiger partial charge in [-0.1, -0.05) is 19.1 Å². The molecule has 0 aliphatic heterocycles. The molecule has 3 rings (SSSR count). The summed E-state index contributed by atoms with van der Waals surface area (Å²) in [4.78, 5) is 14.3. The van der Waals surface area contributed by atoms with Crippen LogP contribution in [0.2, 0.25) is 0 Å². The topological polar surface area (TPSA) is 95.8 Å². The highest BCUT2D eigenvalue weighted by atomic mass is 19.1. The number of benzene rings is 1. The number of aromatic nitrogens is 4. The Morgan fingerprint density at radius 3 is 2.92 bits per heavy atom. The van der Waals surface area contributed by atoms with Crippen LogP contribution in [0.15, 0.2) is 36.5 Å². The molecule has 0 saturated heterocycles. The molecule has 2 heterocycles. The van der Waals surface area contributed by atoms with Gasteiger partial charge < -0.3 is 4.98 Å². The predicted octanol–water partition coefficient (Wildman–Crippen LogP) is 2.66. The quantitative estimate of drug-likeness (QED) is 0.377. The van der Waals surface area contributed by atoms with Gasteiger partial charge in [0.05, 0.1) is 12.2 Å². The Morgan fingerprint density at radius 2 is 2.20 bits per heavy atom. The minimum absolute atomic E-state index is 0.128. The number of nitrogens with one attached hydrogen (secondary N) is 2. The van der Waals surface area contributed by atoms with Crippen molar-refractivity contribution < 1.29 is 14.4 Å². The normalized spacial score (nSPS) is 13.0. The molecule has 0 bridgehead atoms. The number of carbonyl (C=O) groups is 1. The van der Waals surface area contributed by atoms with Gasteiger partial charge in [0.25, 0.3) is 5.91 Å². The highest BCUT2D eigenvalue weighted by Crippen LogP contribution is 2.28. The molecule has 1 amide bonds. The highest BCUT2D eigenvalue weighted by molar-refractivity contribution is 5.90. The molecule has 1 unspecified atom stereocenters. The van der Waals surface area contributed by atoms with Gasteiger partial charge in [0.15, 0.2) is 0 Å². The van der Waals surface area contributed by atoms with Gasteiger partial charge in [0, 0.05) is 22.7 Å². The number of hydroxylamine groups is 1. The molecule has 2 aromatic heterocycles. The van der Waals surface area contributed by atoms with Crippen LogP contribution in [0.25, 0.3) is 17.0 Å². The Kier molecular flexibility index (Phi) is 4.62. The second-order valence-electron chi connectivity index (χ2n) is 6.08. The number of hydrogen-bond acceptors (Lipinski definition) is 4. The molecule has 130 valence electrons. The molecular weight excluding hydrogens is 325 g/mol. The third kappa shape index (κ3) is 3.58. The lowest BCUT2D eigenvalue weighted by molar-refractivity contribution is -0.124. The number of fused-ring (bicyclic) bond motifs is 1. The molecule has 0 aliphatic rings. The van der Waals surface area contributed by atoms with Crippen LogP contribution >= 0.6 is 0 Å². The van der Waals surface area contributed by atoms with Gasteiger partial charge in [0.2, 0.25) is 0 Å². The molecule has 0 fully saturated rings. The van der Waals surface area contributed by atoms with E-state index in [0.717, 1.165) is 22.7 Å². The maximum absolute atomic E-state index is 13.4. The van der Waals surface area contributed by atoms with E-state index in [2.05, 4.69) is 15.3 Å². The SMILES string of the molecule is CC(C)C(c1cc2cc(F)ccc2[nH]1)n1cc(C=CC(=O)NO)nn1. The Hall–Kier alpha value is -3.00. The van der Waals surface area contributed by atoms with Crippen LogP contribution in [0, 0.1) is 11.7 Å². The third-order valence-electron chi connectivity index (χ3n) is 3.88. The minimum atomic E-state index is -0.646. The number of halogens is 1. The fraction of sp³-hybridized carbons (Fsp3) is 0.235. The number of amides is 1. The summed E-state index contributed by atoms with van der Waals surface area (Å²) < 4.78 is 15.1. The van der Waals surface area contributed by atoms with E-state index in [1.54, 1.807) is 16.9 Å². The lowest BCUT2D eigenvalue weighted by atomic mass is 10.0. The monoisotopic (exact) mass is 343 g/mol. The van der Waals surface area contributed by atoms with Crippen molar-refractivity contribution in [2.24, 2.45) is 5.92 Å². The van der Waals surface area contributed by atoms with Crippen LogP contribution < -0.4 is 5.48 Å². The lowest BCUT2D eigenvalue weighted by Crippen LogP contribution is -2.17. The van der Waals surface area contributed by atoms with Gasteiger partial charge in [-0.05, 0) is 36.3 Å². The molecule has 7 nitrogen and oxygen atoms in total. The number of H-pyrrole nitrogens is 1. The van der Waals surface area contributed by atoms with E-state index in [1.165, 1.54) is 23.7 Å². The lowest BCUT2D eigenvalue weighted by Gasteiger charge is -2.19. The maximum atomic E-state index is 13.4. The Bertz CT molecular complexity index is 928. The van der Waals surface area contributed by atoms with Crippen molar-refractivity contribution in [2.45, 2.75) is 19.9 Å². The van der Waals surface area contributed by atoms with Crippen LogP contribution in [0.3, 0.4) is 0 Å². The van der Waals surface area contributed by atoms with Crippen molar-refractivity contribution in [3.05, 3.63) is 53.7 Å². The van der Waals surface area contributed by atoms with E-state index in [9.17, 15) is 9.18 Å². The molecule has 0 spiro atoms. The van der Waals surface area contributed by atoms with E-state index in [0.29, 0.717) is 5.69 Å². The molecule has 1 aromatic carbocycles. The zero-order valence-electron chi connectivity index (χ0n) is 13.8. The molecule has 0 saturated carbocycles. The Labute approximate surface area is 143 Å². The number of nitrogens with zero attached hydrogens (tertiary/aromatic N) is 3. The van der Waals surface area contributed by atoms with Gasteiger partial charge in [-0.2, -0.15) is 0 Å². The number of rotatable bonds is 5. The van der Waals surface area contributed by atoms with E-state index < -0.39 is 5.91 Å². The zero-order valence-corrected chi connectivity index (χ0v) is 13.8. The first-order valence-electron chi connectivity index (χ1n) is 7.80. The van der Waals surface area contributed by atoms with Gasteiger partial charge >= 0.3 is 0 Å². The second kappa shape index (κ2) is 6.86. The maximum Gasteiger partial charge on any atom is 0.267 e. The minimum Gasteiger partial charge on any atom is -0.357 e. The number of hydrogen-bond donors (Lipinski definition) is 3. The largest absolute Gasteiger partial charge is 0.357 e. The summed E-state index contributed by atoms with van der Waals surface area (Å²) >= 11 is 0. The second-order valence-corrected chi connectivity index (χ2v) is 6.08. The van der Waals surface area contributed by atoms with Crippen LogP contribution in [-0.2, 0) is 4.79 Å². The molecule has 3 N–H and O–H groups in total. The number of carbonyl (C=O) groups excluding carboxylic acids is 1. The van der Waals surface area contributed by atoms with Gasteiger partial charge in [-0.25, -0.2) is 14.6 Å². The smallest absolute Gasteiger partial charge is 0.267 e. The summed E-state index contributed by atoms with van der Waals surface area (Å²) in [5.74, 6) is -0.737. The highest BCUT2D eigenvalue weighted by Gasteiger charge is 2.21. The van der Waals surface area contributed by atoms with Crippen molar-refractivity contribution in [1.82, 2.24) is 25.5 Å². The van der Waals surface area contributed by atoms with Crippen LogP contribution in [0.1, 0.15) is 31.3 Å². The van der Waals surface area contributed by atoms with E-state index >= 15 is 0 Å². The third-order valence-corrected chi connectivity index (χ3v) is 3.88. The number of aromatic amines is 1. The van der Waals surface area contributed by atoms with Gasteiger partial charge in [-0.3, -0.25) is 10.0 Å². The fourth-order valence-electron chi connectivity index (χ4n) is 2.79. The van der Waals surface area contributed by atoms with Crippen molar-refractivity contribution >= 4 is 22.9 Å². The van der Waals surface area contributed by atoms with Crippen LogP contribution in [0.4, 0.5) is 4.39 Å². The summed E-state index contributed by atoms with van der Waals surface area (Å²) in [7, 11) is 0. The average molecular weight is 343 g/mol. The summed E-state index contributed by atoms with van der Waals surface area (Å²) in [6.07, 6.45) is 4.31. The van der Waals surface area contributed by atoms with Gasteiger partial charge in [-0.15, -0.1) is 5.10 Å². The molecule has 0 radical (unpaired) electrons. The van der Waals surface area contributed by atoms with Crippen molar-refractivity contribution in [3.8, 4) is 0 Å². The first-order chi connectivity index (χ1) is 12.0. The summed E-state index contributed by atoms with van der Waals surface area (Å²) in [6, 6.07) is 6.37. The van der Waals surface area contributed by atoms with Crippen LogP contribution in [0.5, 0.6) is 0 Å². The summed E-state index contributed by atoms with van der Waals surface area (Å²) in [5, 5.41) is 17.4. The molecular formula is C17H18FN5O2. The summed E-state index contributed by atoms with van der Waals surface area (Å²) in [5.41, 5.74) is 3.74. The molecule has 0 aliphatic carbocycles. The average Bonchev–Trinajstić information content (AvgIpc) is 3.19. The van der Waals surface area contributed by atoms with Gasteiger partial charge in [0.1, 0.15) is 11.5 Å². The van der Waals surface area contributed by atoms with E-state index in [-0.39, 0.29) is 17.8 Å². The molecule has 25 heavy (non-hydrogen) atoms. The predicted molar refractivity (Wildman–Crippen MR) is 90.2 cm³/mol. The first kappa shape index (κ1) is 16.8. The van der Waals surface area contributed by atoms with Crippen molar-refractivity contribution in [3.63, 3.8) is 0 Å². The zero-order chi connectivity index (χ0) is 18.0. The van der Waals surface area contributed by atoms with Crippen molar-refractivity contribution in [2.75, 3.05) is 0 Å². The Balaban J connectivity index is 1.94. The van der Waals surface area contributed by atoms with Crippen molar-refractivity contribution in [1.29, 1.82) is 0 Å². The molecule has 1 atom stereocenters. The first-order valence-corrected chi connectivity index (χ1v) is 7.80. The molecule has 8 heteroatoms. The molecule has 3 aromatic rings.